The molecule has 0 saturated carbocycles. The number of carbonyl (C=O) groups excluding carboxylic acids is 3. The summed E-state index contributed by atoms with van der Waals surface area (Å²) >= 11 is 0. The van der Waals surface area contributed by atoms with Crippen LogP contribution in [0.2, 0.25) is 0 Å². The standard InChI is InChI=1S/C30H29FN6O4/c1-21(38)34-26-17-24(11-12-32-26)29-28(23-7-9-25(31)10-8-23)33-20-37(29)18-27(39)35-13-15-36(16-14-35)30(40)41-19-22-5-3-2-4-6-22/h2-12,17,20H,13-16,18-19H2,1H3,(H,32,34,38). The number of nitrogens with one attached hydrogen (secondary N) is 1. The highest BCUT2D eigenvalue weighted by molar-refractivity contribution is 5.89. The van der Waals surface area contributed by atoms with Crippen LogP contribution in [0, 0.1) is 5.82 Å². The first-order valence-corrected chi connectivity index (χ1v) is 13.2. The molecule has 5 rings (SSSR count). The highest BCUT2D eigenvalue weighted by Crippen LogP contribution is 2.32. The Hall–Kier alpha value is -5.06. The van der Waals surface area contributed by atoms with E-state index in [1.54, 1.807) is 51.2 Å². The van der Waals surface area contributed by atoms with Crippen LogP contribution in [-0.2, 0) is 27.5 Å². The molecule has 3 amide bonds. The van der Waals surface area contributed by atoms with Crippen molar-refractivity contribution in [3.8, 4) is 22.5 Å². The van der Waals surface area contributed by atoms with Gasteiger partial charge in [-0.3, -0.25) is 9.59 Å². The number of benzene rings is 2. The average molecular weight is 557 g/mol. The number of pyridine rings is 1. The van der Waals surface area contributed by atoms with E-state index in [1.165, 1.54) is 19.1 Å². The molecule has 0 atom stereocenters. The maximum atomic E-state index is 13.6. The summed E-state index contributed by atoms with van der Waals surface area (Å²) in [6.45, 7) is 3.05. The number of ether oxygens (including phenoxy) is 1. The molecule has 0 spiro atoms. The SMILES string of the molecule is CC(=O)Nc1cc(-c2c(-c3ccc(F)cc3)ncn2CC(=O)N2CCN(C(=O)OCc3ccccc3)CC2)ccn1. The summed E-state index contributed by atoms with van der Waals surface area (Å²) in [5.74, 6) is -0.415. The van der Waals surface area contributed by atoms with Gasteiger partial charge in [-0.1, -0.05) is 30.3 Å². The monoisotopic (exact) mass is 556 g/mol. The zero-order valence-corrected chi connectivity index (χ0v) is 22.5. The molecule has 210 valence electrons. The Morgan fingerprint density at radius 3 is 2.32 bits per heavy atom. The van der Waals surface area contributed by atoms with E-state index in [1.807, 2.05) is 30.3 Å². The number of halogens is 1. The number of hydrogen-bond acceptors (Lipinski definition) is 6. The molecule has 1 N–H and O–H groups in total. The fourth-order valence-corrected chi connectivity index (χ4v) is 4.65. The van der Waals surface area contributed by atoms with Gasteiger partial charge in [0.25, 0.3) is 0 Å². The third-order valence-corrected chi connectivity index (χ3v) is 6.69. The molecule has 2 aromatic carbocycles. The van der Waals surface area contributed by atoms with Crippen LogP contribution in [0.5, 0.6) is 0 Å². The van der Waals surface area contributed by atoms with E-state index in [9.17, 15) is 18.8 Å². The first-order valence-electron chi connectivity index (χ1n) is 13.2. The summed E-state index contributed by atoms with van der Waals surface area (Å²) in [7, 11) is 0. The molecule has 1 aliphatic heterocycles. The number of hydrogen-bond donors (Lipinski definition) is 1. The maximum absolute atomic E-state index is 13.6. The molecular weight excluding hydrogens is 527 g/mol. The molecular formula is C30H29FN6O4. The summed E-state index contributed by atoms with van der Waals surface area (Å²) in [6.07, 6.45) is 2.72. The zero-order chi connectivity index (χ0) is 28.8. The van der Waals surface area contributed by atoms with Crippen molar-refractivity contribution in [2.75, 3.05) is 31.5 Å². The van der Waals surface area contributed by atoms with Gasteiger partial charge in [-0.2, -0.15) is 0 Å². The van der Waals surface area contributed by atoms with Gasteiger partial charge in [0.2, 0.25) is 11.8 Å². The van der Waals surface area contributed by atoms with E-state index in [4.69, 9.17) is 4.74 Å². The Kier molecular flexibility index (Phi) is 8.33. The summed E-state index contributed by atoms with van der Waals surface area (Å²) in [5, 5.41) is 2.67. The van der Waals surface area contributed by atoms with Crippen LogP contribution in [0.25, 0.3) is 22.5 Å². The molecule has 10 nitrogen and oxygen atoms in total. The van der Waals surface area contributed by atoms with Crippen LogP contribution in [0.4, 0.5) is 15.0 Å². The van der Waals surface area contributed by atoms with Crippen LogP contribution in [-0.4, -0.2) is 68.4 Å². The van der Waals surface area contributed by atoms with Crippen molar-refractivity contribution in [1.29, 1.82) is 0 Å². The third-order valence-electron chi connectivity index (χ3n) is 6.69. The van der Waals surface area contributed by atoms with Crippen molar-refractivity contribution in [2.24, 2.45) is 0 Å². The highest BCUT2D eigenvalue weighted by atomic mass is 19.1. The van der Waals surface area contributed by atoms with Crippen molar-refractivity contribution in [3.63, 3.8) is 0 Å². The third kappa shape index (κ3) is 6.75. The van der Waals surface area contributed by atoms with E-state index in [0.29, 0.717) is 54.5 Å². The lowest BCUT2D eigenvalue weighted by Gasteiger charge is -2.34. The molecule has 4 aromatic rings. The number of imidazole rings is 1. The average Bonchev–Trinajstić information content (AvgIpc) is 3.40. The predicted molar refractivity (Wildman–Crippen MR) is 150 cm³/mol. The number of rotatable bonds is 7. The fraction of sp³-hybridized carbons (Fsp3) is 0.233. The second-order valence-electron chi connectivity index (χ2n) is 9.60. The Morgan fingerprint density at radius 1 is 0.902 bits per heavy atom. The van der Waals surface area contributed by atoms with Gasteiger partial charge in [0.1, 0.15) is 24.8 Å². The minimum Gasteiger partial charge on any atom is -0.445 e. The Balaban J connectivity index is 1.30. The van der Waals surface area contributed by atoms with E-state index in [-0.39, 0.29) is 30.8 Å². The van der Waals surface area contributed by atoms with Crippen molar-refractivity contribution in [2.45, 2.75) is 20.1 Å². The molecule has 2 aromatic heterocycles. The second-order valence-corrected chi connectivity index (χ2v) is 9.60. The van der Waals surface area contributed by atoms with Gasteiger partial charge >= 0.3 is 6.09 Å². The van der Waals surface area contributed by atoms with Gasteiger partial charge in [-0.05, 0) is 42.0 Å². The van der Waals surface area contributed by atoms with E-state index >= 15 is 0 Å². The lowest BCUT2D eigenvalue weighted by Crippen LogP contribution is -2.51. The first kappa shape index (κ1) is 27.5. The lowest BCUT2D eigenvalue weighted by molar-refractivity contribution is -0.133. The van der Waals surface area contributed by atoms with E-state index in [2.05, 4.69) is 15.3 Å². The predicted octanol–water partition coefficient (Wildman–Crippen LogP) is 4.19. The smallest absolute Gasteiger partial charge is 0.410 e. The van der Waals surface area contributed by atoms with Crippen molar-refractivity contribution in [1.82, 2.24) is 24.3 Å². The van der Waals surface area contributed by atoms with Crippen LogP contribution < -0.4 is 5.32 Å². The van der Waals surface area contributed by atoms with Crippen LogP contribution in [0.15, 0.2) is 79.3 Å². The molecule has 41 heavy (non-hydrogen) atoms. The largest absolute Gasteiger partial charge is 0.445 e. The molecule has 0 radical (unpaired) electrons. The Morgan fingerprint density at radius 2 is 1.61 bits per heavy atom. The van der Waals surface area contributed by atoms with Crippen LogP contribution in [0.3, 0.4) is 0 Å². The summed E-state index contributed by atoms with van der Waals surface area (Å²) < 4.78 is 20.8. The Bertz CT molecular complexity index is 1530. The summed E-state index contributed by atoms with van der Waals surface area (Å²) in [4.78, 5) is 49.5. The van der Waals surface area contributed by atoms with Crippen LogP contribution in [0.1, 0.15) is 12.5 Å². The minimum absolute atomic E-state index is 0.000223. The fourth-order valence-electron chi connectivity index (χ4n) is 4.65. The number of anilines is 1. The van der Waals surface area contributed by atoms with Gasteiger partial charge in [-0.15, -0.1) is 0 Å². The van der Waals surface area contributed by atoms with Gasteiger partial charge in [0.05, 0.1) is 17.7 Å². The topological polar surface area (TPSA) is 110 Å². The maximum Gasteiger partial charge on any atom is 0.410 e. The quantitative estimate of drug-likeness (QED) is 0.366. The zero-order valence-electron chi connectivity index (χ0n) is 22.5. The molecule has 3 heterocycles. The molecule has 1 saturated heterocycles. The van der Waals surface area contributed by atoms with Gasteiger partial charge < -0.3 is 24.4 Å². The van der Waals surface area contributed by atoms with Gasteiger partial charge in [0.15, 0.2) is 0 Å². The normalized spacial score (nSPS) is 13.1. The first-order chi connectivity index (χ1) is 19.9. The van der Waals surface area contributed by atoms with Crippen molar-refractivity contribution < 1.29 is 23.5 Å². The number of nitrogens with zero attached hydrogens (tertiary/aromatic N) is 5. The Labute approximate surface area is 236 Å². The van der Waals surface area contributed by atoms with Crippen LogP contribution >= 0.6 is 0 Å². The van der Waals surface area contributed by atoms with Crippen molar-refractivity contribution >= 4 is 23.7 Å². The second kappa shape index (κ2) is 12.4. The highest BCUT2D eigenvalue weighted by Gasteiger charge is 2.26. The number of carbonyl (C=O) groups is 3. The molecule has 11 heteroatoms. The number of piperazine rings is 1. The minimum atomic E-state index is -0.408. The molecule has 0 bridgehead atoms. The molecule has 0 unspecified atom stereocenters. The molecule has 0 aliphatic carbocycles. The molecule has 1 fully saturated rings. The number of amides is 3. The van der Waals surface area contributed by atoms with E-state index in [0.717, 1.165) is 5.56 Å². The summed E-state index contributed by atoms with van der Waals surface area (Å²) in [6, 6.07) is 18.9. The van der Waals surface area contributed by atoms with Gasteiger partial charge in [0, 0.05) is 50.4 Å². The molecule has 1 aliphatic rings. The van der Waals surface area contributed by atoms with E-state index < -0.39 is 6.09 Å². The van der Waals surface area contributed by atoms with Crippen molar-refractivity contribution in [3.05, 3.63) is 90.6 Å². The lowest BCUT2D eigenvalue weighted by atomic mass is 10.1. The van der Waals surface area contributed by atoms with Gasteiger partial charge in [-0.25, -0.2) is 19.2 Å². The summed E-state index contributed by atoms with van der Waals surface area (Å²) in [5.41, 5.74) is 3.45. The number of aromatic nitrogens is 3.